The van der Waals surface area contributed by atoms with Gasteiger partial charge in [-0.15, -0.1) is 0 Å². The van der Waals surface area contributed by atoms with E-state index < -0.39 is 0 Å². The fourth-order valence-corrected chi connectivity index (χ4v) is 1.07. The molecule has 0 aromatic carbocycles. The quantitative estimate of drug-likeness (QED) is 0.526. The van der Waals surface area contributed by atoms with Crippen molar-refractivity contribution in [3.05, 3.63) is 0 Å². The minimum atomic E-state index is -0.325. The fraction of sp³-hybridized carbons (Fsp3) is 0.889. The Hall–Kier alpha value is -0.610. The number of primary amides is 1. The van der Waals surface area contributed by atoms with E-state index >= 15 is 0 Å². The van der Waals surface area contributed by atoms with Crippen LogP contribution in [0.4, 0.5) is 0 Å². The lowest BCUT2D eigenvalue weighted by Gasteiger charge is -2.14. The lowest BCUT2D eigenvalue weighted by Crippen LogP contribution is -2.41. The molecule has 2 unspecified atom stereocenters. The van der Waals surface area contributed by atoms with Crippen LogP contribution < -0.4 is 11.1 Å². The van der Waals surface area contributed by atoms with Crippen molar-refractivity contribution >= 4 is 5.91 Å². The molecular formula is C9H20N2O2. The molecule has 1 amide bonds. The van der Waals surface area contributed by atoms with Crippen molar-refractivity contribution in [1.82, 2.24) is 5.32 Å². The van der Waals surface area contributed by atoms with Crippen LogP contribution in [0.15, 0.2) is 0 Å². The van der Waals surface area contributed by atoms with Crippen LogP contribution in [-0.2, 0) is 4.79 Å². The number of nitrogens with one attached hydrogen (secondary N) is 1. The summed E-state index contributed by atoms with van der Waals surface area (Å²) in [7, 11) is 0. The molecule has 0 saturated carbocycles. The molecular weight excluding hydrogens is 168 g/mol. The minimum absolute atomic E-state index is 0.260. The molecule has 0 radical (unpaired) electrons. The normalized spacial score (nSPS) is 15.3. The molecule has 0 heterocycles. The number of hydrogen-bond acceptors (Lipinski definition) is 3. The van der Waals surface area contributed by atoms with Crippen LogP contribution in [0.25, 0.3) is 0 Å². The Morgan fingerprint density at radius 2 is 2.08 bits per heavy atom. The molecule has 0 aliphatic carbocycles. The summed E-state index contributed by atoms with van der Waals surface area (Å²) >= 11 is 0. The van der Waals surface area contributed by atoms with Gasteiger partial charge < -0.3 is 16.2 Å². The number of rotatable bonds is 7. The van der Waals surface area contributed by atoms with E-state index in [0.717, 1.165) is 6.42 Å². The van der Waals surface area contributed by atoms with Crippen molar-refractivity contribution in [1.29, 1.82) is 0 Å². The van der Waals surface area contributed by atoms with Gasteiger partial charge in [0, 0.05) is 0 Å². The second-order valence-electron chi connectivity index (χ2n) is 3.17. The molecule has 78 valence electrons. The third kappa shape index (κ3) is 5.60. The molecule has 0 aromatic heterocycles. The second-order valence-corrected chi connectivity index (χ2v) is 3.17. The summed E-state index contributed by atoms with van der Waals surface area (Å²) in [5, 5.41) is 12.2. The van der Waals surface area contributed by atoms with Gasteiger partial charge in [0.15, 0.2) is 0 Å². The van der Waals surface area contributed by atoms with Crippen LogP contribution in [0.3, 0.4) is 0 Å². The van der Waals surface area contributed by atoms with Crippen LogP contribution in [-0.4, -0.2) is 29.7 Å². The topological polar surface area (TPSA) is 75.3 Å². The van der Waals surface area contributed by atoms with Crippen molar-refractivity contribution in [2.24, 2.45) is 5.73 Å². The molecule has 0 spiro atoms. The molecule has 2 atom stereocenters. The van der Waals surface area contributed by atoms with E-state index in [9.17, 15) is 9.90 Å². The van der Waals surface area contributed by atoms with Crippen molar-refractivity contribution in [2.45, 2.75) is 45.3 Å². The first-order chi connectivity index (χ1) is 6.11. The smallest absolute Gasteiger partial charge is 0.234 e. The predicted molar refractivity (Wildman–Crippen MR) is 52.2 cm³/mol. The van der Waals surface area contributed by atoms with Crippen molar-refractivity contribution in [3.8, 4) is 0 Å². The second kappa shape index (κ2) is 6.86. The molecule has 4 heteroatoms. The minimum Gasteiger partial charge on any atom is -0.393 e. The highest BCUT2D eigenvalue weighted by molar-refractivity contribution is 5.79. The Balaban J connectivity index is 3.55. The Morgan fingerprint density at radius 3 is 2.46 bits per heavy atom. The van der Waals surface area contributed by atoms with Crippen LogP contribution in [0.5, 0.6) is 0 Å². The van der Waals surface area contributed by atoms with Crippen molar-refractivity contribution in [2.75, 3.05) is 6.54 Å². The zero-order valence-electron chi connectivity index (χ0n) is 8.42. The largest absolute Gasteiger partial charge is 0.393 e. The number of aliphatic hydroxyl groups is 1. The van der Waals surface area contributed by atoms with Gasteiger partial charge in [-0.2, -0.15) is 0 Å². The van der Waals surface area contributed by atoms with Gasteiger partial charge in [0.25, 0.3) is 0 Å². The van der Waals surface area contributed by atoms with E-state index in [1.165, 1.54) is 0 Å². The summed E-state index contributed by atoms with van der Waals surface area (Å²) < 4.78 is 0. The van der Waals surface area contributed by atoms with Gasteiger partial charge in [-0.3, -0.25) is 4.79 Å². The molecule has 0 fully saturated rings. The zero-order chi connectivity index (χ0) is 10.3. The highest BCUT2D eigenvalue weighted by Gasteiger charge is 2.11. The van der Waals surface area contributed by atoms with E-state index in [-0.39, 0.29) is 18.1 Å². The van der Waals surface area contributed by atoms with Gasteiger partial charge in [-0.1, -0.05) is 13.8 Å². The van der Waals surface area contributed by atoms with Gasteiger partial charge in [0.1, 0.15) is 0 Å². The maximum atomic E-state index is 10.8. The summed E-state index contributed by atoms with van der Waals surface area (Å²) in [4.78, 5) is 10.8. The number of nitrogens with two attached hydrogens (primary N) is 1. The average molecular weight is 188 g/mol. The van der Waals surface area contributed by atoms with Gasteiger partial charge in [-0.05, 0) is 25.8 Å². The first kappa shape index (κ1) is 12.4. The third-order valence-corrected chi connectivity index (χ3v) is 2.09. The molecule has 0 aliphatic heterocycles. The molecule has 0 bridgehead atoms. The van der Waals surface area contributed by atoms with Crippen LogP contribution in [0, 0.1) is 0 Å². The summed E-state index contributed by atoms with van der Waals surface area (Å²) in [5.74, 6) is -0.325. The summed E-state index contributed by atoms with van der Waals surface area (Å²) in [6, 6.07) is -0.260. The number of aliphatic hydroxyl groups excluding tert-OH is 1. The lowest BCUT2D eigenvalue weighted by molar-refractivity contribution is -0.120. The standard InChI is InChI=1S/C9H20N2O2/c1-3-7(12)5-6-11-8(4-2)9(10)13/h7-8,11-12H,3-6H2,1-2H3,(H2,10,13). The van der Waals surface area contributed by atoms with E-state index in [2.05, 4.69) is 5.32 Å². The highest BCUT2D eigenvalue weighted by Crippen LogP contribution is 1.96. The van der Waals surface area contributed by atoms with Crippen LogP contribution in [0.2, 0.25) is 0 Å². The van der Waals surface area contributed by atoms with Gasteiger partial charge in [0.05, 0.1) is 12.1 Å². The molecule has 0 aromatic rings. The van der Waals surface area contributed by atoms with Crippen LogP contribution in [0.1, 0.15) is 33.1 Å². The van der Waals surface area contributed by atoms with Crippen molar-refractivity contribution < 1.29 is 9.90 Å². The highest BCUT2D eigenvalue weighted by atomic mass is 16.3. The summed E-state index contributed by atoms with van der Waals surface area (Å²) in [5.41, 5.74) is 5.13. The lowest BCUT2D eigenvalue weighted by atomic mass is 10.1. The first-order valence-electron chi connectivity index (χ1n) is 4.82. The average Bonchev–Trinajstić information content (AvgIpc) is 2.11. The number of amides is 1. The van der Waals surface area contributed by atoms with Crippen LogP contribution >= 0.6 is 0 Å². The first-order valence-corrected chi connectivity index (χ1v) is 4.82. The van der Waals surface area contributed by atoms with E-state index in [4.69, 9.17) is 5.73 Å². The maximum absolute atomic E-state index is 10.8. The Morgan fingerprint density at radius 1 is 1.46 bits per heavy atom. The summed E-state index contributed by atoms with van der Waals surface area (Å²) in [6.45, 7) is 4.46. The number of carbonyl (C=O) groups is 1. The van der Waals surface area contributed by atoms with Gasteiger partial charge in [0.2, 0.25) is 5.91 Å². The molecule has 0 saturated heterocycles. The monoisotopic (exact) mass is 188 g/mol. The molecule has 0 rings (SSSR count). The van der Waals surface area contributed by atoms with E-state index in [0.29, 0.717) is 19.4 Å². The van der Waals surface area contributed by atoms with Crippen molar-refractivity contribution in [3.63, 3.8) is 0 Å². The molecule has 0 aliphatic rings. The zero-order valence-corrected chi connectivity index (χ0v) is 8.42. The molecule has 13 heavy (non-hydrogen) atoms. The van der Waals surface area contributed by atoms with Gasteiger partial charge >= 0.3 is 0 Å². The maximum Gasteiger partial charge on any atom is 0.234 e. The SMILES string of the molecule is CCC(O)CCNC(CC)C(N)=O. The third-order valence-electron chi connectivity index (χ3n) is 2.09. The Kier molecular flexibility index (Phi) is 6.54. The van der Waals surface area contributed by atoms with E-state index in [1.807, 2.05) is 13.8 Å². The Bertz CT molecular complexity index is 151. The number of hydrogen-bond donors (Lipinski definition) is 3. The number of carbonyl (C=O) groups excluding carboxylic acids is 1. The Labute approximate surface area is 79.5 Å². The molecule has 4 nitrogen and oxygen atoms in total. The fourth-order valence-electron chi connectivity index (χ4n) is 1.07. The van der Waals surface area contributed by atoms with E-state index in [1.54, 1.807) is 0 Å². The predicted octanol–water partition coefficient (Wildman–Crippen LogP) is 0.000900. The molecule has 4 N–H and O–H groups in total. The van der Waals surface area contributed by atoms with Gasteiger partial charge in [-0.25, -0.2) is 0 Å². The summed E-state index contributed by atoms with van der Waals surface area (Å²) in [6.07, 6.45) is 1.82.